The van der Waals surface area contributed by atoms with Gasteiger partial charge in [-0.1, -0.05) is 30.4 Å². The van der Waals surface area contributed by atoms with Crippen LogP contribution >= 0.6 is 0 Å². The number of alkyl halides is 24. The highest BCUT2D eigenvalue weighted by Crippen LogP contribution is 2.59. The molecule has 0 heterocycles. The van der Waals surface area contributed by atoms with Crippen molar-refractivity contribution in [3.63, 3.8) is 0 Å². The highest BCUT2D eigenvalue weighted by atomic mass is 19.4. The number of hydrogen-bond acceptors (Lipinski definition) is 0. The summed E-state index contributed by atoms with van der Waals surface area (Å²) in [4.78, 5) is 0. The minimum Gasteiger partial charge on any atom is -0.166 e. The van der Waals surface area contributed by atoms with Crippen molar-refractivity contribution >= 4 is 16.7 Å². The van der Waals surface area contributed by atoms with E-state index < -0.39 is 173 Å². The van der Waals surface area contributed by atoms with Gasteiger partial charge in [0.15, 0.2) is 0 Å². The standard InChI is InChI=1S/C48H20F24/c49-41(50,51)23-5-19(6-24(13-23)42(52,53)54)35-17-37(21-9-27(45(61,62)63)15-28(10-21)46(64,65)66)33-3-4-34-38(22-11-29(47(67,68)69)16-30(12-22)48(70,71)72)18-36(32-2-1-31(35)39(33)40(32)34)20-7-25(43(55,56)57)14-26(8-20)44(58,59)60/h1-18,35,40H/t35?,40-/m0/s1. The quantitative estimate of drug-likeness (QED) is 0.179. The van der Waals surface area contributed by atoms with E-state index in [0.29, 0.717) is 12.2 Å². The summed E-state index contributed by atoms with van der Waals surface area (Å²) in [6.45, 7) is 0. The summed E-state index contributed by atoms with van der Waals surface area (Å²) >= 11 is 0. The van der Waals surface area contributed by atoms with Gasteiger partial charge in [-0.3, -0.25) is 0 Å². The Kier molecular flexibility index (Phi) is 11.8. The van der Waals surface area contributed by atoms with Crippen LogP contribution in [0.3, 0.4) is 0 Å². The van der Waals surface area contributed by atoms with Gasteiger partial charge in [0.1, 0.15) is 0 Å². The van der Waals surface area contributed by atoms with Crippen molar-refractivity contribution in [3.05, 3.63) is 204 Å². The minimum atomic E-state index is -5.59. The third-order valence-corrected chi connectivity index (χ3v) is 11.9. The van der Waals surface area contributed by atoms with Crippen LogP contribution in [0.2, 0.25) is 0 Å². The van der Waals surface area contributed by atoms with Crippen LogP contribution in [0.25, 0.3) is 16.7 Å². The molecule has 4 aliphatic rings. The van der Waals surface area contributed by atoms with Crippen molar-refractivity contribution in [2.75, 3.05) is 0 Å². The monoisotopic (exact) mass is 1050 g/mol. The Morgan fingerprint density at radius 1 is 0.306 bits per heavy atom. The molecule has 1 unspecified atom stereocenters. The lowest BCUT2D eigenvalue weighted by Gasteiger charge is -2.43. The molecule has 4 aliphatic carbocycles. The number of hydrogen-bond donors (Lipinski definition) is 0. The zero-order chi connectivity index (χ0) is 53.4. The van der Waals surface area contributed by atoms with E-state index in [1.165, 1.54) is 0 Å². The Labute approximate surface area is 386 Å². The van der Waals surface area contributed by atoms with Crippen LogP contribution in [0.4, 0.5) is 105 Å². The fourth-order valence-electron chi connectivity index (χ4n) is 8.85. The molecule has 0 spiro atoms. The van der Waals surface area contributed by atoms with Gasteiger partial charge in [0.25, 0.3) is 0 Å². The number of benzene rings is 4. The summed E-state index contributed by atoms with van der Waals surface area (Å²) in [5.74, 6) is -4.08. The van der Waals surface area contributed by atoms with Gasteiger partial charge < -0.3 is 0 Å². The second-order valence-electron chi connectivity index (χ2n) is 16.5. The van der Waals surface area contributed by atoms with E-state index >= 15 is 0 Å². The molecular weight excluding hydrogens is 1030 g/mol. The number of halogens is 24. The molecule has 0 aliphatic heterocycles. The minimum absolute atomic E-state index is 0.114. The Hall–Kier alpha value is -6.62. The van der Waals surface area contributed by atoms with E-state index in [1.807, 2.05) is 0 Å². The predicted molar refractivity (Wildman–Crippen MR) is 207 cm³/mol. The van der Waals surface area contributed by atoms with Gasteiger partial charge in [0, 0.05) is 11.8 Å². The first-order valence-corrected chi connectivity index (χ1v) is 19.9. The van der Waals surface area contributed by atoms with Gasteiger partial charge in [-0.15, -0.1) is 0 Å². The second kappa shape index (κ2) is 16.5. The Morgan fingerprint density at radius 3 is 0.986 bits per heavy atom. The average molecular weight is 1050 g/mol. The van der Waals surface area contributed by atoms with E-state index in [2.05, 4.69) is 0 Å². The van der Waals surface area contributed by atoms with Gasteiger partial charge in [0.05, 0.1) is 44.5 Å². The van der Waals surface area contributed by atoms with Crippen LogP contribution in [0.15, 0.2) is 137 Å². The lowest BCUT2D eigenvalue weighted by molar-refractivity contribution is -0.144. The molecule has 72 heavy (non-hydrogen) atoms. The van der Waals surface area contributed by atoms with E-state index in [9.17, 15) is 105 Å². The molecule has 24 heteroatoms. The molecule has 0 radical (unpaired) electrons. The fraction of sp³-hybridized carbons (Fsp3) is 0.208. The maximum absolute atomic E-state index is 14.3. The molecule has 0 nitrogen and oxygen atoms in total. The molecule has 8 rings (SSSR count). The molecule has 0 aromatic heterocycles. The molecule has 0 fully saturated rings. The fourth-order valence-corrected chi connectivity index (χ4v) is 8.85. The summed E-state index contributed by atoms with van der Waals surface area (Å²) in [5.41, 5.74) is -25.2. The van der Waals surface area contributed by atoms with Crippen molar-refractivity contribution in [2.45, 2.75) is 55.3 Å². The predicted octanol–water partition coefficient (Wildman–Crippen LogP) is 17.9. The lowest BCUT2D eigenvalue weighted by atomic mass is 9.60. The normalized spacial score (nSPS) is 19.0. The second-order valence-corrected chi connectivity index (χ2v) is 16.5. The Balaban J connectivity index is 1.53. The summed E-state index contributed by atoms with van der Waals surface area (Å²) in [6, 6.07) is -0.381. The third kappa shape index (κ3) is 9.71. The zero-order valence-corrected chi connectivity index (χ0v) is 34.6. The topological polar surface area (TPSA) is 0 Å². The maximum atomic E-state index is 14.3. The maximum Gasteiger partial charge on any atom is 0.416 e. The van der Waals surface area contributed by atoms with Gasteiger partial charge in [-0.05, 0) is 146 Å². The van der Waals surface area contributed by atoms with Crippen molar-refractivity contribution in [2.24, 2.45) is 5.92 Å². The van der Waals surface area contributed by atoms with Crippen LogP contribution < -0.4 is 0 Å². The molecule has 0 amide bonds. The van der Waals surface area contributed by atoms with E-state index in [0.717, 1.165) is 24.3 Å². The van der Waals surface area contributed by atoms with Crippen LogP contribution in [-0.4, -0.2) is 0 Å². The van der Waals surface area contributed by atoms with Crippen molar-refractivity contribution in [1.82, 2.24) is 0 Å². The molecule has 4 aromatic rings. The number of rotatable bonds is 4. The smallest absolute Gasteiger partial charge is 0.166 e. The van der Waals surface area contributed by atoms with Gasteiger partial charge >= 0.3 is 49.4 Å². The van der Waals surface area contributed by atoms with Crippen molar-refractivity contribution in [3.8, 4) is 0 Å². The first-order valence-electron chi connectivity index (χ1n) is 19.9. The molecule has 0 saturated carbocycles. The molecule has 0 saturated heterocycles. The largest absolute Gasteiger partial charge is 0.416 e. The zero-order valence-electron chi connectivity index (χ0n) is 34.6. The SMILES string of the molecule is FC(F)(F)c1cc(C2=CC(c3cc(C(F)(F)F)cc(C(F)(F)F)c3)=C3C=CC4=C5C(=CC=C2[C@@H]35)C(c2cc(C(F)(F)F)cc(C(F)(F)F)c2)C=C4c2cc(C(F)(F)F)cc(C(F)(F)F)c2)cc(C(F)(F)F)c1. The van der Waals surface area contributed by atoms with Crippen LogP contribution in [0, 0.1) is 5.92 Å². The molecule has 4 aromatic carbocycles. The first kappa shape index (κ1) is 51.7. The van der Waals surface area contributed by atoms with E-state index in [1.54, 1.807) is 0 Å². The Bertz CT molecular complexity index is 3020. The molecule has 0 bridgehead atoms. The average Bonchev–Trinajstić information content (AvgIpc) is 3.24. The van der Waals surface area contributed by atoms with Crippen LogP contribution in [0.5, 0.6) is 0 Å². The summed E-state index contributed by atoms with van der Waals surface area (Å²) in [6.07, 6.45) is -39.9. The molecular formula is C48H20F24. The van der Waals surface area contributed by atoms with Gasteiger partial charge in [-0.2, -0.15) is 105 Å². The van der Waals surface area contributed by atoms with Gasteiger partial charge in [0.2, 0.25) is 0 Å². The van der Waals surface area contributed by atoms with Crippen molar-refractivity contribution in [1.29, 1.82) is 0 Å². The highest BCUT2D eigenvalue weighted by molar-refractivity contribution is 6.01. The summed E-state index contributed by atoms with van der Waals surface area (Å²) in [5, 5.41) is 0. The van der Waals surface area contributed by atoms with Crippen LogP contribution in [-0.2, 0) is 49.4 Å². The summed E-state index contributed by atoms with van der Waals surface area (Å²) < 4.78 is 344. The summed E-state index contributed by atoms with van der Waals surface area (Å²) in [7, 11) is 0. The molecule has 380 valence electrons. The first-order chi connectivity index (χ1) is 32.7. The Morgan fingerprint density at radius 2 is 0.625 bits per heavy atom. The lowest BCUT2D eigenvalue weighted by Crippen LogP contribution is -2.27. The van der Waals surface area contributed by atoms with Crippen LogP contribution in [0.1, 0.15) is 72.7 Å². The van der Waals surface area contributed by atoms with E-state index in [-0.39, 0.29) is 72.8 Å². The van der Waals surface area contributed by atoms with Gasteiger partial charge in [-0.25, -0.2) is 0 Å². The van der Waals surface area contributed by atoms with Crippen molar-refractivity contribution < 1.29 is 105 Å². The number of allylic oxidation sites excluding steroid dienone is 14. The molecule has 2 atom stereocenters. The molecule has 0 N–H and O–H groups in total. The third-order valence-electron chi connectivity index (χ3n) is 11.9. The highest BCUT2D eigenvalue weighted by Gasteiger charge is 2.47. The van der Waals surface area contributed by atoms with E-state index in [4.69, 9.17) is 0 Å².